The molecule has 0 saturated carbocycles. The molecule has 1 atom stereocenters. The van der Waals surface area contributed by atoms with Crippen molar-refractivity contribution < 1.29 is 9.53 Å². The number of hydrogen-bond donors (Lipinski definition) is 1. The van der Waals surface area contributed by atoms with Gasteiger partial charge in [-0.2, -0.15) is 5.26 Å². The third-order valence-corrected chi connectivity index (χ3v) is 3.40. The normalized spacial score (nSPS) is 16.4. The molecular weight excluding hydrogens is 254 g/mol. The number of rotatable bonds is 3. The minimum absolute atomic E-state index is 0.00624. The van der Waals surface area contributed by atoms with Gasteiger partial charge in [-0.3, -0.25) is 4.79 Å². The van der Waals surface area contributed by atoms with Gasteiger partial charge in [-0.25, -0.2) is 0 Å². The van der Waals surface area contributed by atoms with Crippen molar-refractivity contribution >= 4 is 5.91 Å². The molecule has 5 heteroatoms. The summed E-state index contributed by atoms with van der Waals surface area (Å²) < 4.78 is 5.74. The zero-order chi connectivity index (χ0) is 14.5. The lowest BCUT2D eigenvalue weighted by Crippen LogP contribution is -2.50. The molecule has 2 rings (SSSR count). The Balaban J connectivity index is 2.05. The van der Waals surface area contributed by atoms with Crippen LogP contribution in [-0.4, -0.2) is 43.1 Å². The van der Waals surface area contributed by atoms with E-state index in [1.807, 2.05) is 17.9 Å². The maximum atomic E-state index is 12.3. The maximum Gasteiger partial charge on any atom is 0.263 e. The molecule has 0 radical (unpaired) electrons. The fourth-order valence-electron chi connectivity index (χ4n) is 2.18. The molecule has 1 aromatic carbocycles. The van der Waals surface area contributed by atoms with E-state index >= 15 is 0 Å². The first-order valence-electron chi connectivity index (χ1n) is 6.78. The van der Waals surface area contributed by atoms with Crippen molar-refractivity contribution in [1.82, 2.24) is 10.2 Å². The molecule has 1 aromatic rings. The average molecular weight is 273 g/mol. The molecule has 1 aliphatic rings. The molecule has 106 valence electrons. The molecule has 0 spiro atoms. The SMILES string of the molecule is Cc1ccc(C#N)cc1OC(C)C(=O)N1CCNCC1. The summed E-state index contributed by atoms with van der Waals surface area (Å²) in [6, 6.07) is 7.32. The summed E-state index contributed by atoms with van der Waals surface area (Å²) in [5.74, 6) is 0.591. The van der Waals surface area contributed by atoms with Gasteiger partial charge in [0.1, 0.15) is 5.75 Å². The van der Waals surface area contributed by atoms with E-state index in [-0.39, 0.29) is 5.91 Å². The van der Waals surface area contributed by atoms with Crippen LogP contribution in [0.5, 0.6) is 5.75 Å². The number of ether oxygens (including phenoxy) is 1. The van der Waals surface area contributed by atoms with E-state index in [1.165, 1.54) is 0 Å². The molecule has 1 aliphatic heterocycles. The average Bonchev–Trinajstić information content (AvgIpc) is 2.49. The van der Waals surface area contributed by atoms with Crippen LogP contribution in [-0.2, 0) is 4.79 Å². The molecule has 0 aliphatic carbocycles. The van der Waals surface area contributed by atoms with E-state index in [1.54, 1.807) is 19.1 Å². The van der Waals surface area contributed by atoms with E-state index in [0.29, 0.717) is 24.4 Å². The first kappa shape index (κ1) is 14.4. The first-order valence-corrected chi connectivity index (χ1v) is 6.78. The van der Waals surface area contributed by atoms with Crippen LogP contribution in [0.2, 0.25) is 0 Å². The first-order chi connectivity index (χ1) is 9.61. The van der Waals surface area contributed by atoms with Crippen LogP contribution in [0.4, 0.5) is 0 Å². The number of carbonyl (C=O) groups excluding carboxylic acids is 1. The lowest BCUT2D eigenvalue weighted by atomic mass is 10.1. The summed E-state index contributed by atoms with van der Waals surface area (Å²) in [5, 5.41) is 12.1. The lowest BCUT2D eigenvalue weighted by molar-refractivity contribution is -0.138. The van der Waals surface area contributed by atoms with Crippen LogP contribution in [0.3, 0.4) is 0 Å². The Morgan fingerprint density at radius 2 is 2.15 bits per heavy atom. The predicted molar refractivity (Wildman–Crippen MR) is 75.4 cm³/mol. The van der Waals surface area contributed by atoms with Gasteiger partial charge in [0.2, 0.25) is 0 Å². The minimum Gasteiger partial charge on any atom is -0.481 e. The molecule has 20 heavy (non-hydrogen) atoms. The summed E-state index contributed by atoms with van der Waals surface area (Å²) in [7, 11) is 0. The fraction of sp³-hybridized carbons (Fsp3) is 0.467. The van der Waals surface area contributed by atoms with Crippen molar-refractivity contribution in [3.63, 3.8) is 0 Å². The van der Waals surface area contributed by atoms with Crippen LogP contribution < -0.4 is 10.1 Å². The van der Waals surface area contributed by atoms with Gasteiger partial charge in [0, 0.05) is 26.2 Å². The molecule has 1 fully saturated rings. The van der Waals surface area contributed by atoms with Gasteiger partial charge in [-0.1, -0.05) is 6.07 Å². The van der Waals surface area contributed by atoms with Gasteiger partial charge in [0.25, 0.3) is 5.91 Å². The van der Waals surface area contributed by atoms with Crippen LogP contribution in [0.15, 0.2) is 18.2 Å². The van der Waals surface area contributed by atoms with Crippen LogP contribution >= 0.6 is 0 Å². The summed E-state index contributed by atoms with van der Waals surface area (Å²) >= 11 is 0. The highest BCUT2D eigenvalue weighted by Gasteiger charge is 2.23. The highest BCUT2D eigenvalue weighted by molar-refractivity contribution is 5.81. The van der Waals surface area contributed by atoms with Gasteiger partial charge in [-0.15, -0.1) is 0 Å². The quantitative estimate of drug-likeness (QED) is 0.894. The van der Waals surface area contributed by atoms with Crippen LogP contribution in [0, 0.1) is 18.3 Å². The lowest BCUT2D eigenvalue weighted by Gasteiger charge is -2.30. The Labute approximate surface area is 119 Å². The summed E-state index contributed by atoms with van der Waals surface area (Å²) in [5.41, 5.74) is 1.45. The molecular formula is C15H19N3O2. The van der Waals surface area contributed by atoms with E-state index < -0.39 is 6.10 Å². The van der Waals surface area contributed by atoms with Crippen LogP contribution in [0.1, 0.15) is 18.1 Å². The minimum atomic E-state index is -0.541. The smallest absolute Gasteiger partial charge is 0.263 e. The van der Waals surface area contributed by atoms with Crippen LogP contribution in [0.25, 0.3) is 0 Å². The van der Waals surface area contributed by atoms with E-state index in [2.05, 4.69) is 11.4 Å². The Kier molecular flexibility index (Phi) is 4.59. The third-order valence-electron chi connectivity index (χ3n) is 3.40. The van der Waals surface area contributed by atoms with Crippen molar-refractivity contribution in [3.05, 3.63) is 29.3 Å². The second-order valence-electron chi connectivity index (χ2n) is 4.93. The Bertz CT molecular complexity index is 530. The summed E-state index contributed by atoms with van der Waals surface area (Å²) in [4.78, 5) is 14.1. The van der Waals surface area contributed by atoms with Crippen molar-refractivity contribution in [1.29, 1.82) is 5.26 Å². The number of benzene rings is 1. The molecule has 0 bridgehead atoms. The van der Waals surface area contributed by atoms with E-state index in [4.69, 9.17) is 10.00 Å². The topological polar surface area (TPSA) is 65.4 Å². The number of amides is 1. The van der Waals surface area contributed by atoms with Crippen molar-refractivity contribution in [2.24, 2.45) is 0 Å². The standard InChI is InChI=1S/C15H19N3O2/c1-11-3-4-13(10-16)9-14(11)20-12(2)15(19)18-7-5-17-6-8-18/h3-4,9,12,17H,5-8H2,1-2H3. The number of piperazine rings is 1. The Hall–Kier alpha value is -2.06. The molecule has 5 nitrogen and oxygen atoms in total. The second kappa shape index (κ2) is 6.40. The largest absolute Gasteiger partial charge is 0.481 e. The summed E-state index contributed by atoms with van der Waals surface area (Å²) in [6.45, 7) is 6.72. The number of nitriles is 1. The number of carbonyl (C=O) groups is 1. The van der Waals surface area contributed by atoms with E-state index in [9.17, 15) is 4.79 Å². The number of hydrogen-bond acceptors (Lipinski definition) is 4. The molecule has 1 N–H and O–H groups in total. The van der Waals surface area contributed by atoms with Gasteiger partial charge < -0.3 is 15.0 Å². The van der Waals surface area contributed by atoms with Crippen molar-refractivity contribution in [2.75, 3.05) is 26.2 Å². The second-order valence-corrected chi connectivity index (χ2v) is 4.93. The highest BCUT2D eigenvalue weighted by Crippen LogP contribution is 2.21. The van der Waals surface area contributed by atoms with Gasteiger partial charge >= 0.3 is 0 Å². The maximum absolute atomic E-state index is 12.3. The highest BCUT2D eigenvalue weighted by atomic mass is 16.5. The van der Waals surface area contributed by atoms with Crippen molar-refractivity contribution in [2.45, 2.75) is 20.0 Å². The van der Waals surface area contributed by atoms with Gasteiger partial charge in [-0.05, 0) is 31.5 Å². The summed E-state index contributed by atoms with van der Waals surface area (Å²) in [6.07, 6.45) is -0.541. The van der Waals surface area contributed by atoms with Gasteiger partial charge in [0.05, 0.1) is 11.6 Å². The predicted octanol–water partition coefficient (Wildman–Crippen LogP) is 1.07. The molecule has 1 saturated heterocycles. The van der Waals surface area contributed by atoms with Gasteiger partial charge in [0.15, 0.2) is 6.10 Å². The molecule has 1 heterocycles. The molecule has 1 amide bonds. The van der Waals surface area contributed by atoms with Crippen molar-refractivity contribution in [3.8, 4) is 11.8 Å². The zero-order valence-electron chi connectivity index (χ0n) is 11.8. The molecule has 1 unspecified atom stereocenters. The number of nitrogens with zero attached hydrogens (tertiary/aromatic N) is 2. The monoisotopic (exact) mass is 273 g/mol. The third kappa shape index (κ3) is 3.28. The Morgan fingerprint density at radius 3 is 2.80 bits per heavy atom. The number of aryl methyl sites for hydroxylation is 1. The fourth-order valence-corrected chi connectivity index (χ4v) is 2.18. The number of nitrogens with one attached hydrogen (secondary N) is 1. The Morgan fingerprint density at radius 1 is 1.45 bits per heavy atom. The van der Waals surface area contributed by atoms with E-state index in [0.717, 1.165) is 18.7 Å². The zero-order valence-corrected chi connectivity index (χ0v) is 11.8. The molecule has 0 aromatic heterocycles.